The van der Waals surface area contributed by atoms with Crippen LogP contribution in [0, 0.1) is 29.6 Å². The van der Waals surface area contributed by atoms with Crippen LogP contribution in [-0.2, 0) is 0 Å². The quantitative estimate of drug-likeness (QED) is 0.608. The van der Waals surface area contributed by atoms with Crippen LogP contribution in [0.25, 0.3) is 0 Å². The molecule has 0 heterocycles. The first-order valence-electron chi connectivity index (χ1n) is 8.03. The van der Waals surface area contributed by atoms with Gasteiger partial charge in [-0.1, -0.05) is 51.3 Å². The van der Waals surface area contributed by atoms with Gasteiger partial charge in [-0.15, -0.1) is 0 Å². The Kier molecular flexibility index (Phi) is 3.55. The molecule has 0 aromatic heterocycles. The Morgan fingerprint density at radius 2 is 1.18 bits per heavy atom. The van der Waals surface area contributed by atoms with E-state index in [9.17, 15) is 0 Å². The summed E-state index contributed by atoms with van der Waals surface area (Å²) in [5.74, 6) is 5.51. The van der Waals surface area contributed by atoms with Crippen LogP contribution in [-0.4, -0.2) is 7.85 Å². The largest absolute Gasteiger partial charge is 0.0743 e. The van der Waals surface area contributed by atoms with Crippen LogP contribution >= 0.6 is 0 Å². The fourth-order valence-electron chi connectivity index (χ4n) is 5.44. The molecule has 0 amide bonds. The first kappa shape index (κ1) is 12.1. The van der Waals surface area contributed by atoms with Gasteiger partial charge in [0.1, 0.15) is 0 Å². The van der Waals surface area contributed by atoms with Gasteiger partial charge in [-0.2, -0.15) is 0 Å². The molecule has 3 saturated carbocycles. The van der Waals surface area contributed by atoms with Crippen molar-refractivity contribution in [3.63, 3.8) is 0 Å². The zero-order valence-electron chi connectivity index (χ0n) is 11.4. The zero-order chi connectivity index (χ0) is 11.8. The maximum atomic E-state index is 6.35. The van der Waals surface area contributed by atoms with E-state index in [1.807, 2.05) is 0 Å². The van der Waals surface area contributed by atoms with Gasteiger partial charge in [-0.05, 0) is 48.9 Å². The van der Waals surface area contributed by atoms with E-state index in [1.165, 1.54) is 57.8 Å². The minimum absolute atomic E-state index is 0.539. The second-order valence-electron chi connectivity index (χ2n) is 7.09. The minimum Gasteiger partial charge on any atom is -0.0743 e. The highest BCUT2D eigenvalue weighted by atomic mass is 14.5. The molecule has 3 aliphatic carbocycles. The van der Waals surface area contributed by atoms with E-state index >= 15 is 0 Å². The molecule has 3 rings (SSSR count). The first-order valence-corrected chi connectivity index (χ1v) is 8.03. The van der Waals surface area contributed by atoms with Crippen LogP contribution in [0.5, 0.6) is 0 Å². The average molecular weight is 230 g/mol. The topological polar surface area (TPSA) is 0 Å². The Morgan fingerprint density at radius 3 is 1.76 bits per heavy atom. The van der Waals surface area contributed by atoms with Gasteiger partial charge >= 0.3 is 0 Å². The molecule has 2 radical (unpaired) electrons. The van der Waals surface area contributed by atoms with E-state index < -0.39 is 0 Å². The predicted octanol–water partition coefficient (Wildman–Crippen LogP) is 4.60. The molecule has 3 aliphatic rings. The fraction of sp³-hybridized carbons (Fsp3) is 1.00. The Bertz CT molecular complexity index is 236. The molecule has 0 nitrogen and oxygen atoms in total. The molecule has 0 aromatic carbocycles. The standard InChI is InChI=1S/C16H27B/c1-11-5-2-6-12(11)13-7-3-8-14(13)15-9-4-10-16(15)17/h11-16H,2-10H2,1H3. The molecule has 94 valence electrons. The first-order chi connectivity index (χ1) is 8.27. The van der Waals surface area contributed by atoms with E-state index in [0.29, 0.717) is 5.82 Å². The second-order valence-corrected chi connectivity index (χ2v) is 7.09. The summed E-state index contributed by atoms with van der Waals surface area (Å²) in [6.07, 6.45) is 13.1. The summed E-state index contributed by atoms with van der Waals surface area (Å²) in [4.78, 5) is 0. The molecule has 1 heteroatoms. The highest BCUT2D eigenvalue weighted by molar-refractivity contribution is 6.12. The van der Waals surface area contributed by atoms with Gasteiger partial charge in [0.25, 0.3) is 0 Å². The highest BCUT2D eigenvalue weighted by Gasteiger charge is 2.43. The van der Waals surface area contributed by atoms with Crippen molar-refractivity contribution in [3.8, 4) is 0 Å². The molecule has 0 bridgehead atoms. The van der Waals surface area contributed by atoms with Crippen molar-refractivity contribution in [2.45, 2.75) is 70.5 Å². The van der Waals surface area contributed by atoms with E-state index in [2.05, 4.69) is 6.92 Å². The van der Waals surface area contributed by atoms with Gasteiger partial charge in [0.2, 0.25) is 0 Å². The van der Waals surface area contributed by atoms with Crippen molar-refractivity contribution in [1.82, 2.24) is 0 Å². The van der Waals surface area contributed by atoms with Crippen molar-refractivity contribution in [2.75, 3.05) is 0 Å². The zero-order valence-corrected chi connectivity index (χ0v) is 11.4. The van der Waals surface area contributed by atoms with Gasteiger partial charge in [0.05, 0.1) is 7.85 Å². The molecule has 6 atom stereocenters. The monoisotopic (exact) mass is 230 g/mol. The van der Waals surface area contributed by atoms with Gasteiger partial charge in [-0.3, -0.25) is 0 Å². The third kappa shape index (κ3) is 2.19. The molecule has 0 aromatic rings. The number of hydrogen-bond donors (Lipinski definition) is 0. The lowest BCUT2D eigenvalue weighted by Crippen LogP contribution is -2.27. The van der Waals surface area contributed by atoms with Gasteiger partial charge < -0.3 is 0 Å². The second kappa shape index (κ2) is 4.98. The lowest BCUT2D eigenvalue weighted by molar-refractivity contribution is 0.168. The van der Waals surface area contributed by atoms with E-state index in [4.69, 9.17) is 7.85 Å². The molecule has 0 aliphatic heterocycles. The Balaban J connectivity index is 1.71. The summed E-state index contributed by atoms with van der Waals surface area (Å²) in [5.41, 5.74) is 0. The van der Waals surface area contributed by atoms with Crippen LogP contribution in [0.2, 0.25) is 5.82 Å². The Hall–Kier alpha value is 0.0649. The van der Waals surface area contributed by atoms with Crippen molar-refractivity contribution < 1.29 is 0 Å². The Labute approximate surface area is 108 Å². The molecular formula is C16H27B. The molecule has 0 spiro atoms. The molecular weight excluding hydrogens is 203 g/mol. The number of rotatable bonds is 2. The summed E-state index contributed by atoms with van der Waals surface area (Å²) >= 11 is 0. The summed E-state index contributed by atoms with van der Waals surface area (Å²) < 4.78 is 0. The summed E-state index contributed by atoms with van der Waals surface area (Å²) in [7, 11) is 6.35. The maximum Gasteiger partial charge on any atom is 0.0703 e. The van der Waals surface area contributed by atoms with Crippen molar-refractivity contribution in [3.05, 3.63) is 0 Å². The summed E-state index contributed by atoms with van der Waals surface area (Å²) in [6.45, 7) is 2.50. The van der Waals surface area contributed by atoms with Crippen LogP contribution in [0.3, 0.4) is 0 Å². The smallest absolute Gasteiger partial charge is 0.0703 e. The van der Waals surface area contributed by atoms with Crippen LogP contribution < -0.4 is 0 Å². The molecule has 3 fully saturated rings. The molecule has 17 heavy (non-hydrogen) atoms. The van der Waals surface area contributed by atoms with Crippen LogP contribution in [0.15, 0.2) is 0 Å². The van der Waals surface area contributed by atoms with E-state index in [1.54, 1.807) is 0 Å². The molecule has 0 N–H and O–H groups in total. The summed E-state index contributed by atoms with van der Waals surface area (Å²) in [5, 5.41) is 0. The summed E-state index contributed by atoms with van der Waals surface area (Å²) in [6, 6.07) is 0. The van der Waals surface area contributed by atoms with Crippen LogP contribution in [0.1, 0.15) is 64.7 Å². The normalized spacial score (nSPS) is 51.1. The lowest BCUT2D eigenvalue weighted by atomic mass is 9.66. The van der Waals surface area contributed by atoms with E-state index in [-0.39, 0.29) is 0 Å². The van der Waals surface area contributed by atoms with Crippen molar-refractivity contribution in [2.24, 2.45) is 29.6 Å². The van der Waals surface area contributed by atoms with Crippen molar-refractivity contribution in [1.29, 1.82) is 0 Å². The van der Waals surface area contributed by atoms with Crippen molar-refractivity contribution >= 4 is 7.85 Å². The Morgan fingerprint density at radius 1 is 0.647 bits per heavy atom. The van der Waals surface area contributed by atoms with E-state index in [0.717, 1.165) is 29.6 Å². The predicted molar refractivity (Wildman–Crippen MR) is 74.2 cm³/mol. The molecule has 6 unspecified atom stereocenters. The third-order valence-corrected chi connectivity index (χ3v) is 6.28. The minimum atomic E-state index is 0.539. The van der Waals surface area contributed by atoms with Crippen LogP contribution in [0.4, 0.5) is 0 Å². The average Bonchev–Trinajstić information content (AvgIpc) is 2.97. The highest BCUT2D eigenvalue weighted by Crippen LogP contribution is 2.53. The maximum absolute atomic E-state index is 6.35. The fourth-order valence-corrected chi connectivity index (χ4v) is 5.44. The van der Waals surface area contributed by atoms with Gasteiger partial charge in [0, 0.05) is 0 Å². The van der Waals surface area contributed by atoms with Gasteiger partial charge in [-0.25, -0.2) is 0 Å². The van der Waals surface area contributed by atoms with Gasteiger partial charge in [0.15, 0.2) is 0 Å². The lowest BCUT2D eigenvalue weighted by Gasteiger charge is -2.34. The number of hydrogen-bond acceptors (Lipinski definition) is 0. The molecule has 0 saturated heterocycles. The SMILES string of the molecule is [B]C1CCCC1C1CCCC1C1CCCC1C. The third-order valence-electron chi connectivity index (χ3n) is 6.28.